The van der Waals surface area contributed by atoms with Gasteiger partial charge in [0, 0.05) is 25.3 Å². The number of anilines is 1. The molecule has 2 amide bonds. The molecule has 0 unspecified atom stereocenters. The third-order valence-electron chi connectivity index (χ3n) is 5.54. The minimum absolute atomic E-state index is 0.0291. The Morgan fingerprint density at radius 3 is 2.58 bits per heavy atom. The van der Waals surface area contributed by atoms with E-state index in [-0.39, 0.29) is 18.7 Å². The van der Waals surface area contributed by atoms with E-state index in [4.69, 9.17) is 23.7 Å². The van der Waals surface area contributed by atoms with E-state index in [1.165, 1.54) is 14.2 Å². The van der Waals surface area contributed by atoms with Gasteiger partial charge in [-0.05, 0) is 42.7 Å². The van der Waals surface area contributed by atoms with Crippen LogP contribution in [0.25, 0.3) is 11.1 Å². The monoisotopic (exact) mass is 458 g/mol. The van der Waals surface area contributed by atoms with E-state index < -0.39 is 6.09 Å². The number of nitrogens with one attached hydrogen (secondary N) is 1. The van der Waals surface area contributed by atoms with Crippen LogP contribution in [0.3, 0.4) is 0 Å². The number of nitrogens with zero attached hydrogens (tertiary/aromatic N) is 1. The van der Waals surface area contributed by atoms with E-state index >= 15 is 0 Å². The Morgan fingerprint density at radius 1 is 1.06 bits per heavy atom. The molecule has 1 atom stereocenters. The van der Waals surface area contributed by atoms with Crippen molar-refractivity contribution in [2.75, 3.05) is 53.7 Å². The average molecular weight is 459 g/mol. The molecule has 178 valence electrons. The molecule has 0 bridgehead atoms. The standard InChI is InChI=1S/C24H30N2O7/c1-29-15-33-14-17-6-5-11-26(17)23(27)20-12-16(7-10-22(20)31-3)19-9-8-18(30-2)13-21(19)25-24(28)32-4/h7-10,12-13,17H,5-6,11,14-15H2,1-4H3,(H,25,28)/t17-/m0/s1. The van der Waals surface area contributed by atoms with Crippen LogP contribution < -0.4 is 14.8 Å². The number of methoxy groups -OCH3 is 4. The van der Waals surface area contributed by atoms with Crippen molar-refractivity contribution in [3.63, 3.8) is 0 Å². The van der Waals surface area contributed by atoms with Gasteiger partial charge in [0.1, 0.15) is 18.3 Å². The summed E-state index contributed by atoms with van der Waals surface area (Å²) < 4.78 is 26.0. The highest BCUT2D eigenvalue weighted by Gasteiger charge is 2.31. The fourth-order valence-corrected chi connectivity index (χ4v) is 3.91. The topological polar surface area (TPSA) is 95.6 Å². The van der Waals surface area contributed by atoms with Gasteiger partial charge in [-0.25, -0.2) is 4.79 Å². The summed E-state index contributed by atoms with van der Waals surface area (Å²) in [7, 11) is 5.94. The highest BCUT2D eigenvalue weighted by atomic mass is 16.7. The van der Waals surface area contributed by atoms with Crippen LogP contribution in [0.4, 0.5) is 10.5 Å². The first-order valence-corrected chi connectivity index (χ1v) is 10.6. The summed E-state index contributed by atoms with van der Waals surface area (Å²) in [4.78, 5) is 27.2. The average Bonchev–Trinajstić information content (AvgIpc) is 3.31. The van der Waals surface area contributed by atoms with E-state index in [0.717, 1.165) is 18.4 Å². The number of rotatable bonds is 9. The minimum atomic E-state index is -0.606. The molecule has 1 saturated heterocycles. The summed E-state index contributed by atoms with van der Waals surface area (Å²) in [6, 6.07) is 10.6. The lowest BCUT2D eigenvalue weighted by Crippen LogP contribution is -2.38. The van der Waals surface area contributed by atoms with Gasteiger partial charge in [0.2, 0.25) is 0 Å². The fraction of sp³-hybridized carbons (Fsp3) is 0.417. The van der Waals surface area contributed by atoms with E-state index in [9.17, 15) is 9.59 Å². The smallest absolute Gasteiger partial charge is 0.411 e. The number of benzene rings is 2. The van der Waals surface area contributed by atoms with Crippen LogP contribution in [0, 0.1) is 0 Å². The highest BCUT2D eigenvalue weighted by molar-refractivity contribution is 6.00. The number of ether oxygens (including phenoxy) is 5. The van der Waals surface area contributed by atoms with E-state index in [2.05, 4.69) is 5.32 Å². The van der Waals surface area contributed by atoms with Crippen LogP contribution in [0.2, 0.25) is 0 Å². The van der Waals surface area contributed by atoms with Crippen LogP contribution >= 0.6 is 0 Å². The third-order valence-corrected chi connectivity index (χ3v) is 5.54. The lowest BCUT2D eigenvalue weighted by molar-refractivity contribution is -0.0448. The van der Waals surface area contributed by atoms with Gasteiger partial charge >= 0.3 is 6.09 Å². The molecule has 0 spiro atoms. The van der Waals surface area contributed by atoms with Gasteiger partial charge in [-0.1, -0.05) is 6.07 Å². The first kappa shape index (κ1) is 24.3. The van der Waals surface area contributed by atoms with Crippen molar-refractivity contribution < 1.29 is 33.3 Å². The van der Waals surface area contributed by atoms with Crippen molar-refractivity contribution in [3.8, 4) is 22.6 Å². The molecule has 3 rings (SSSR count). The van der Waals surface area contributed by atoms with E-state index in [1.54, 1.807) is 38.5 Å². The molecule has 0 saturated carbocycles. The SMILES string of the molecule is COCOC[C@@H]1CCCN1C(=O)c1cc(-c2ccc(OC)cc2NC(=O)OC)ccc1OC. The molecule has 2 aromatic carbocycles. The highest BCUT2D eigenvalue weighted by Crippen LogP contribution is 2.35. The summed E-state index contributed by atoms with van der Waals surface area (Å²) in [5, 5.41) is 2.71. The Bertz CT molecular complexity index is 979. The molecule has 9 nitrogen and oxygen atoms in total. The number of hydrogen-bond donors (Lipinski definition) is 1. The molecule has 0 aromatic heterocycles. The second kappa shape index (κ2) is 11.5. The van der Waals surface area contributed by atoms with Crippen LogP contribution in [0.15, 0.2) is 36.4 Å². The predicted octanol–water partition coefficient (Wildman–Crippen LogP) is 3.77. The van der Waals surface area contributed by atoms with Gasteiger partial charge in [-0.3, -0.25) is 10.1 Å². The molecule has 2 aromatic rings. The predicted molar refractivity (Wildman–Crippen MR) is 123 cm³/mol. The maximum atomic E-state index is 13.5. The molecule has 1 N–H and O–H groups in total. The first-order chi connectivity index (χ1) is 16.0. The third kappa shape index (κ3) is 5.74. The zero-order valence-corrected chi connectivity index (χ0v) is 19.4. The fourth-order valence-electron chi connectivity index (χ4n) is 3.91. The molecule has 33 heavy (non-hydrogen) atoms. The van der Waals surface area contributed by atoms with Crippen molar-refractivity contribution >= 4 is 17.7 Å². The molecule has 1 aliphatic heterocycles. The number of amides is 2. The van der Waals surface area contributed by atoms with Crippen LogP contribution in [-0.4, -0.2) is 71.3 Å². The summed E-state index contributed by atoms with van der Waals surface area (Å²) in [5.41, 5.74) is 2.38. The Morgan fingerprint density at radius 2 is 1.88 bits per heavy atom. The van der Waals surface area contributed by atoms with Gasteiger partial charge < -0.3 is 28.6 Å². The second-order valence-corrected chi connectivity index (χ2v) is 7.52. The zero-order chi connectivity index (χ0) is 23.8. The maximum Gasteiger partial charge on any atom is 0.411 e. The zero-order valence-electron chi connectivity index (χ0n) is 19.4. The van der Waals surface area contributed by atoms with Gasteiger partial charge in [0.05, 0.1) is 45.2 Å². The molecule has 0 aliphatic carbocycles. The lowest BCUT2D eigenvalue weighted by atomic mass is 9.99. The molecule has 0 radical (unpaired) electrons. The van der Waals surface area contributed by atoms with Crippen LogP contribution in [0.5, 0.6) is 11.5 Å². The minimum Gasteiger partial charge on any atom is -0.497 e. The van der Waals surface area contributed by atoms with Gasteiger partial charge in [-0.2, -0.15) is 0 Å². The van der Waals surface area contributed by atoms with Crippen molar-refractivity contribution in [2.45, 2.75) is 18.9 Å². The summed E-state index contributed by atoms with van der Waals surface area (Å²) in [6.45, 7) is 1.24. The lowest BCUT2D eigenvalue weighted by Gasteiger charge is -2.25. The quantitative estimate of drug-likeness (QED) is 0.451. The summed E-state index contributed by atoms with van der Waals surface area (Å²) in [6.07, 6.45) is 1.16. The first-order valence-electron chi connectivity index (χ1n) is 10.6. The van der Waals surface area contributed by atoms with Gasteiger partial charge in [0.25, 0.3) is 5.91 Å². The molecular weight excluding hydrogens is 428 g/mol. The Kier molecular flexibility index (Phi) is 8.51. The van der Waals surface area contributed by atoms with Gasteiger partial charge in [0.15, 0.2) is 0 Å². The second-order valence-electron chi connectivity index (χ2n) is 7.52. The molecule has 1 fully saturated rings. The van der Waals surface area contributed by atoms with E-state index in [1.807, 2.05) is 17.0 Å². The maximum absolute atomic E-state index is 13.5. The Hall–Kier alpha value is -3.30. The van der Waals surface area contributed by atoms with Gasteiger partial charge in [-0.15, -0.1) is 0 Å². The molecule has 1 heterocycles. The molecule has 1 aliphatic rings. The number of carbonyl (C=O) groups is 2. The summed E-state index contributed by atoms with van der Waals surface area (Å²) in [5.74, 6) is 0.919. The van der Waals surface area contributed by atoms with Crippen molar-refractivity contribution in [1.29, 1.82) is 0 Å². The van der Waals surface area contributed by atoms with Crippen LogP contribution in [0.1, 0.15) is 23.2 Å². The normalized spacial score (nSPS) is 15.3. The van der Waals surface area contributed by atoms with Crippen molar-refractivity contribution in [3.05, 3.63) is 42.0 Å². The van der Waals surface area contributed by atoms with Crippen molar-refractivity contribution in [2.24, 2.45) is 0 Å². The van der Waals surface area contributed by atoms with Crippen LogP contribution in [-0.2, 0) is 14.2 Å². The number of hydrogen-bond acceptors (Lipinski definition) is 7. The largest absolute Gasteiger partial charge is 0.497 e. The Balaban J connectivity index is 1.96. The van der Waals surface area contributed by atoms with Crippen molar-refractivity contribution in [1.82, 2.24) is 4.90 Å². The molecular formula is C24H30N2O7. The summed E-state index contributed by atoms with van der Waals surface area (Å²) >= 11 is 0. The molecule has 9 heteroatoms. The van der Waals surface area contributed by atoms with E-state index in [0.29, 0.717) is 41.5 Å². The number of likely N-dealkylation sites (tertiary alicyclic amines) is 1. The Labute approximate surface area is 193 Å². The number of carbonyl (C=O) groups excluding carboxylic acids is 2.